The Bertz CT molecular complexity index is 1330. The lowest BCUT2D eigenvalue weighted by molar-refractivity contribution is 0.0629. The maximum Gasteiger partial charge on any atom is 0.261 e. The smallest absolute Gasteiger partial charge is 0.261 e. The van der Waals surface area contributed by atoms with Gasteiger partial charge in [0.05, 0.1) is 11.1 Å². The molecular weight excluding hydrogens is 388 g/mol. The second kappa shape index (κ2) is 5.61. The van der Waals surface area contributed by atoms with Crippen LogP contribution in [0.25, 0.3) is 21.2 Å². The number of amides is 4. The van der Waals surface area contributed by atoms with Crippen LogP contribution >= 0.6 is 11.3 Å². The summed E-state index contributed by atoms with van der Waals surface area (Å²) in [6.07, 6.45) is 0. The van der Waals surface area contributed by atoms with Crippen LogP contribution in [0.15, 0.2) is 24.3 Å². The molecule has 2 aliphatic rings. The highest BCUT2D eigenvalue weighted by Crippen LogP contribution is 2.44. The molecule has 5 rings (SSSR count). The lowest BCUT2D eigenvalue weighted by Gasteiger charge is -2.31. The van der Waals surface area contributed by atoms with Crippen molar-refractivity contribution in [1.82, 2.24) is 9.80 Å². The fraction of sp³-hybridized carbons (Fsp3) is 0.182. The van der Waals surface area contributed by atoms with Crippen LogP contribution in [-0.4, -0.2) is 47.5 Å². The number of carbonyl (C=O) groups is 4. The molecule has 0 spiro atoms. The zero-order chi connectivity index (χ0) is 20.8. The van der Waals surface area contributed by atoms with Crippen LogP contribution in [0.1, 0.15) is 51.9 Å². The van der Waals surface area contributed by atoms with Crippen molar-refractivity contribution < 1.29 is 19.2 Å². The maximum atomic E-state index is 13.2. The van der Waals surface area contributed by atoms with E-state index in [0.717, 1.165) is 19.6 Å². The standard InChI is InChI=1S/C22H16N2O4S/c1-9-7-12-17-16-13(20(26)23(3)21(27)15(9)16)8-11(14-6-5-10(2)29-14)18(17)22(28)24(4)19(12)25/h5-8H,1-4H3. The summed E-state index contributed by atoms with van der Waals surface area (Å²) in [5.74, 6) is -1.71. The van der Waals surface area contributed by atoms with Crippen molar-refractivity contribution in [2.75, 3.05) is 14.1 Å². The number of hydrogen-bond donors (Lipinski definition) is 0. The summed E-state index contributed by atoms with van der Waals surface area (Å²) in [5, 5.41) is 0.821. The van der Waals surface area contributed by atoms with Crippen LogP contribution in [0.2, 0.25) is 0 Å². The molecule has 0 saturated carbocycles. The van der Waals surface area contributed by atoms with Gasteiger partial charge in [-0.1, -0.05) is 0 Å². The van der Waals surface area contributed by atoms with Gasteiger partial charge < -0.3 is 0 Å². The van der Waals surface area contributed by atoms with E-state index >= 15 is 0 Å². The summed E-state index contributed by atoms with van der Waals surface area (Å²) >= 11 is 1.51. The Labute approximate surface area is 170 Å². The minimum atomic E-state index is -0.432. The van der Waals surface area contributed by atoms with E-state index in [1.165, 1.54) is 25.4 Å². The van der Waals surface area contributed by atoms with Crippen molar-refractivity contribution in [1.29, 1.82) is 0 Å². The Kier molecular flexibility index (Phi) is 3.43. The molecule has 0 N–H and O–H groups in total. The van der Waals surface area contributed by atoms with Gasteiger partial charge in [-0.25, -0.2) is 0 Å². The highest BCUT2D eigenvalue weighted by atomic mass is 32.1. The first kappa shape index (κ1) is 17.8. The van der Waals surface area contributed by atoms with Gasteiger partial charge in [0.25, 0.3) is 23.6 Å². The second-order valence-electron chi connectivity index (χ2n) is 7.46. The van der Waals surface area contributed by atoms with Crippen molar-refractivity contribution in [2.45, 2.75) is 13.8 Å². The Morgan fingerprint density at radius 1 is 0.690 bits per heavy atom. The van der Waals surface area contributed by atoms with E-state index in [4.69, 9.17) is 0 Å². The van der Waals surface area contributed by atoms with Crippen LogP contribution in [0.5, 0.6) is 0 Å². The number of rotatable bonds is 1. The van der Waals surface area contributed by atoms with Crippen LogP contribution in [0, 0.1) is 13.8 Å². The number of thiophene rings is 1. The lowest BCUT2D eigenvalue weighted by Crippen LogP contribution is -2.41. The van der Waals surface area contributed by atoms with Crippen LogP contribution in [0.3, 0.4) is 0 Å². The largest absolute Gasteiger partial charge is 0.277 e. The second-order valence-corrected chi connectivity index (χ2v) is 8.75. The Morgan fingerprint density at radius 3 is 1.83 bits per heavy atom. The molecule has 0 radical (unpaired) electrons. The molecule has 7 heteroatoms. The van der Waals surface area contributed by atoms with Gasteiger partial charge in [-0.15, -0.1) is 11.3 Å². The third-order valence-corrected chi connectivity index (χ3v) is 6.75. The maximum absolute atomic E-state index is 13.2. The molecule has 144 valence electrons. The van der Waals surface area contributed by atoms with E-state index < -0.39 is 23.6 Å². The van der Waals surface area contributed by atoms with Crippen molar-refractivity contribution in [3.05, 3.63) is 57.0 Å². The fourth-order valence-electron chi connectivity index (χ4n) is 4.26. The van der Waals surface area contributed by atoms with E-state index in [-0.39, 0.29) is 0 Å². The Hall–Kier alpha value is -3.32. The number of carbonyl (C=O) groups excluding carboxylic acids is 4. The highest BCUT2D eigenvalue weighted by molar-refractivity contribution is 7.15. The quantitative estimate of drug-likeness (QED) is 0.581. The highest BCUT2D eigenvalue weighted by Gasteiger charge is 2.40. The zero-order valence-corrected chi connectivity index (χ0v) is 17.1. The van der Waals surface area contributed by atoms with E-state index in [1.807, 2.05) is 19.1 Å². The molecule has 3 heterocycles. The topological polar surface area (TPSA) is 74.8 Å². The molecule has 3 aromatic rings. The van der Waals surface area contributed by atoms with Crippen molar-refractivity contribution in [3.63, 3.8) is 0 Å². The summed E-state index contributed by atoms with van der Waals surface area (Å²) in [7, 11) is 2.90. The van der Waals surface area contributed by atoms with E-state index in [9.17, 15) is 19.2 Å². The molecule has 0 unspecified atom stereocenters. The van der Waals surface area contributed by atoms with Gasteiger partial charge in [0.1, 0.15) is 0 Å². The fourth-order valence-corrected chi connectivity index (χ4v) is 5.15. The molecule has 2 aromatic carbocycles. The molecule has 6 nitrogen and oxygen atoms in total. The van der Waals surface area contributed by atoms with Gasteiger partial charge in [-0.05, 0) is 43.7 Å². The average molecular weight is 404 g/mol. The first-order valence-electron chi connectivity index (χ1n) is 9.08. The van der Waals surface area contributed by atoms with Gasteiger partial charge in [0, 0.05) is 51.3 Å². The first-order chi connectivity index (χ1) is 13.7. The number of benzene rings is 2. The van der Waals surface area contributed by atoms with Crippen molar-refractivity contribution in [3.8, 4) is 10.4 Å². The van der Waals surface area contributed by atoms with Gasteiger partial charge in [0.2, 0.25) is 0 Å². The van der Waals surface area contributed by atoms with Gasteiger partial charge in [-0.2, -0.15) is 0 Å². The number of aryl methyl sites for hydroxylation is 2. The minimum absolute atomic E-state index is 0.344. The van der Waals surface area contributed by atoms with Crippen LogP contribution in [0.4, 0.5) is 0 Å². The zero-order valence-electron chi connectivity index (χ0n) is 16.2. The summed E-state index contributed by atoms with van der Waals surface area (Å²) in [6, 6.07) is 7.21. The molecule has 0 bridgehead atoms. The summed E-state index contributed by atoms with van der Waals surface area (Å²) in [4.78, 5) is 56.1. The molecule has 1 aromatic heterocycles. The molecule has 0 atom stereocenters. The average Bonchev–Trinajstić information content (AvgIpc) is 3.13. The lowest BCUT2D eigenvalue weighted by atomic mass is 9.81. The van der Waals surface area contributed by atoms with Crippen LogP contribution < -0.4 is 0 Å². The normalized spacial score (nSPS) is 15.7. The third kappa shape index (κ3) is 2.10. The van der Waals surface area contributed by atoms with Gasteiger partial charge in [-0.3, -0.25) is 29.0 Å². The molecular formula is C22H16N2O4S. The third-order valence-electron chi connectivity index (χ3n) is 5.71. The predicted octanol–water partition coefficient (Wildman–Crippen LogP) is 3.64. The van der Waals surface area contributed by atoms with Gasteiger partial charge in [0.15, 0.2) is 0 Å². The minimum Gasteiger partial charge on any atom is -0.277 e. The monoisotopic (exact) mass is 404 g/mol. The van der Waals surface area contributed by atoms with E-state index in [2.05, 4.69) is 0 Å². The number of hydrogen-bond acceptors (Lipinski definition) is 5. The van der Waals surface area contributed by atoms with E-state index in [1.54, 1.807) is 19.1 Å². The van der Waals surface area contributed by atoms with Crippen molar-refractivity contribution in [2.24, 2.45) is 0 Å². The van der Waals surface area contributed by atoms with Gasteiger partial charge >= 0.3 is 0 Å². The van der Waals surface area contributed by atoms with Crippen LogP contribution in [-0.2, 0) is 0 Å². The Balaban J connectivity index is 2.06. The number of imide groups is 2. The first-order valence-corrected chi connectivity index (χ1v) is 9.90. The summed E-state index contributed by atoms with van der Waals surface area (Å²) in [6.45, 7) is 3.71. The molecule has 0 fully saturated rings. The molecule has 4 amide bonds. The summed E-state index contributed by atoms with van der Waals surface area (Å²) in [5.41, 5.74) is 2.66. The predicted molar refractivity (Wildman–Crippen MR) is 110 cm³/mol. The summed E-state index contributed by atoms with van der Waals surface area (Å²) < 4.78 is 0. The van der Waals surface area contributed by atoms with Crippen molar-refractivity contribution >= 4 is 45.7 Å². The SMILES string of the molecule is Cc1ccc(-c2cc3c4c(c(C)cc5c4c2C(=O)N(C)C5=O)C(=O)N(C)C3=O)s1. The Morgan fingerprint density at radius 2 is 1.24 bits per heavy atom. The number of nitrogens with zero attached hydrogens (tertiary/aromatic N) is 2. The molecule has 0 aliphatic carbocycles. The molecule has 29 heavy (non-hydrogen) atoms. The molecule has 2 aliphatic heterocycles. The molecule has 0 saturated heterocycles. The van der Waals surface area contributed by atoms with E-state index in [0.29, 0.717) is 44.2 Å².